The molecule has 1 aliphatic heterocycles. The second kappa shape index (κ2) is 7.02. The number of hydrogen-bond donors (Lipinski definition) is 2. The van der Waals surface area contributed by atoms with Crippen molar-refractivity contribution in [3.8, 4) is 0 Å². The molecule has 1 unspecified atom stereocenters. The van der Waals surface area contributed by atoms with Crippen LogP contribution < -0.4 is 11.1 Å². The highest BCUT2D eigenvalue weighted by Gasteiger charge is 2.17. The van der Waals surface area contributed by atoms with Crippen molar-refractivity contribution < 1.29 is 9.53 Å². The van der Waals surface area contributed by atoms with Gasteiger partial charge in [-0.05, 0) is 37.5 Å². The number of nitrogens with one attached hydrogen (secondary N) is 1. The van der Waals surface area contributed by atoms with E-state index >= 15 is 0 Å². The number of thiocarbonyl (C=S) groups is 1. The third-order valence-corrected chi connectivity index (χ3v) is 3.79. The maximum atomic E-state index is 11.9. The fraction of sp³-hybridized carbons (Fsp3) is 0.429. The van der Waals surface area contributed by atoms with Gasteiger partial charge in [-0.2, -0.15) is 0 Å². The summed E-state index contributed by atoms with van der Waals surface area (Å²) in [5.41, 5.74) is 6.78. The lowest BCUT2D eigenvalue weighted by Gasteiger charge is -2.11. The molecule has 108 valence electrons. The first-order chi connectivity index (χ1) is 9.56. The number of carbonyl (C=O) groups is 1. The van der Waals surface area contributed by atoms with Crippen LogP contribution >= 0.6 is 23.8 Å². The van der Waals surface area contributed by atoms with E-state index in [1.165, 1.54) is 0 Å². The average molecular weight is 313 g/mol. The van der Waals surface area contributed by atoms with Gasteiger partial charge < -0.3 is 15.8 Å². The minimum atomic E-state index is -0.0644. The van der Waals surface area contributed by atoms with Gasteiger partial charge >= 0.3 is 0 Å². The molecule has 2 rings (SSSR count). The number of carbonyl (C=O) groups excluding carboxylic acids is 1. The van der Waals surface area contributed by atoms with E-state index in [1.54, 1.807) is 18.2 Å². The maximum Gasteiger partial charge on any atom is 0.224 e. The Kier molecular flexibility index (Phi) is 5.34. The van der Waals surface area contributed by atoms with Gasteiger partial charge in [-0.3, -0.25) is 4.79 Å². The van der Waals surface area contributed by atoms with Crippen molar-refractivity contribution in [2.45, 2.75) is 31.8 Å². The molecule has 6 heteroatoms. The van der Waals surface area contributed by atoms with E-state index in [4.69, 9.17) is 34.3 Å². The molecule has 3 N–H and O–H groups in total. The number of rotatable bonds is 5. The minimum Gasteiger partial charge on any atom is -0.389 e. The molecule has 20 heavy (non-hydrogen) atoms. The first-order valence-electron chi connectivity index (χ1n) is 6.57. The standard InChI is InChI=1S/C14H17ClN2O2S/c15-11-8-9(14(16)20)3-5-12(11)17-13(18)6-4-10-2-1-7-19-10/h3,5,8,10H,1-2,4,6-7H2,(H2,16,20)(H,17,18). The number of anilines is 1. The Hall–Kier alpha value is -1.17. The quantitative estimate of drug-likeness (QED) is 0.821. The van der Waals surface area contributed by atoms with Gasteiger partial charge in [0.25, 0.3) is 0 Å². The Balaban J connectivity index is 1.88. The van der Waals surface area contributed by atoms with Gasteiger partial charge in [0.2, 0.25) is 5.91 Å². The van der Waals surface area contributed by atoms with E-state index < -0.39 is 0 Å². The summed E-state index contributed by atoms with van der Waals surface area (Å²) >= 11 is 11.0. The molecule has 1 fully saturated rings. The molecule has 1 saturated heterocycles. The SMILES string of the molecule is NC(=S)c1ccc(NC(=O)CCC2CCCO2)c(Cl)c1. The van der Waals surface area contributed by atoms with Crippen molar-refractivity contribution in [2.75, 3.05) is 11.9 Å². The first-order valence-corrected chi connectivity index (χ1v) is 7.35. The van der Waals surface area contributed by atoms with Gasteiger partial charge in [-0.15, -0.1) is 0 Å². The largest absolute Gasteiger partial charge is 0.389 e. The van der Waals surface area contributed by atoms with Crippen LogP contribution in [0.3, 0.4) is 0 Å². The fourth-order valence-corrected chi connectivity index (χ4v) is 2.50. The van der Waals surface area contributed by atoms with Crippen LogP contribution in [0.2, 0.25) is 5.02 Å². The molecule has 0 saturated carbocycles. The van der Waals surface area contributed by atoms with E-state index in [0.29, 0.717) is 22.7 Å². The number of hydrogen-bond acceptors (Lipinski definition) is 3. The average Bonchev–Trinajstić information content (AvgIpc) is 2.91. The number of nitrogens with two attached hydrogens (primary N) is 1. The molecule has 1 aromatic carbocycles. The number of ether oxygens (including phenoxy) is 1. The topological polar surface area (TPSA) is 64.3 Å². The molecule has 1 amide bonds. The predicted octanol–water partition coefficient (Wildman–Crippen LogP) is 2.87. The number of halogens is 1. The number of amides is 1. The van der Waals surface area contributed by atoms with E-state index in [-0.39, 0.29) is 17.0 Å². The van der Waals surface area contributed by atoms with Gasteiger partial charge in [0.1, 0.15) is 4.99 Å². The van der Waals surface area contributed by atoms with Crippen LogP contribution in [0.25, 0.3) is 0 Å². The van der Waals surface area contributed by atoms with Gasteiger partial charge in [-0.25, -0.2) is 0 Å². The van der Waals surface area contributed by atoms with Gasteiger partial charge in [0.15, 0.2) is 0 Å². The minimum absolute atomic E-state index is 0.0644. The van der Waals surface area contributed by atoms with E-state index in [9.17, 15) is 4.79 Å². The fourth-order valence-electron chi connectivity index (χ4n) is 2.15. The van der Waals surface area contributed by atoms with E-state index in [2.05, 4.69) is 5.32 Å². The third kappa shape index (κ3) is 4.16. The Morgan fingerprint density at radius 3 is 2.95 bits per heavy atom. The van der Waals surface area contributed by atoms with Gasteiger partial charge in [-0.1, -0.05) is 23.8 Å². The van der Waals surface area contributed by atoms with Crippen LogP contribution in [0, 0.1) is 0 Å². The second-order valence-electron chi connectivity index (χ2n) is 4.78. The predicted molar refractivity (Wildman–Crippen MR) is 84.2 cm³/mol. The van der Waals surface area contributed by atoms with Crippen LogP contribution in [-0.4, -0.2) is 23.6 Å². The molecule has 0 bridgehead atoms. The molecular formula is C14H17ClN2O2S. The summed E-state index contributed by atoms with van der Waals surface area (Å²) in [6, 6.07) is 5.10. The lowest BCUT2D eigenvalue weighted by atomic mass is 10.1. The van der Waals surface area contributed by atoms with Crippen molar-refractivity contribution >= 4 is 40.4 Å². The van der Waals surface area contributed by atoms with Gasteiger partial charge in [0.05, 0.1) is 16.8 Å². The second-order valence-corrected chi connectivity index (χ2v) is 5.63. The monoisotopic (exact) mass is 312 g/mol. The molecule has 0 spiro atoms. The molecular weight excluding hydrogens is 296 g/mol. The zero-order valence-electron chi connectivity index (χ0n) is 11.0. The van der Waals surface area contributed by atoms with E-state index in [0.717, 1.165) is 25.9 Å². The highest BCUT2D eigenvalue weighted by molar-refractivity contribution is 7.80. The zero-order valence-corrected chi connectivity index (χ0v) is 12.6. The zero-order chi connectivity index (χ0) is 14.5. The Morgan fingerprint density at radius 2 is 2.35 bits per heavy atom. The van der Waals surface area contributed by atoms with Gasteiger partial charge in [0, 0.05) is 18.6 Å². The summed E-state index contributed by atoms with van der Waals surface area (Å²) in [5, 5.41) is 3.22. The summed E-state index contributed by atoms with van der Waals surface area (Å²) < 4.78 is 5.49. The van der Waals surface area contributed by atoms with Crippen molar-refractivity contribution in [3.05, 3.63) is 28.8 Å². The molecule has 1 aromatic rings. The number of benzene rings is 1. The summed E-state index contributed by atoms with van der Waals surface area (Å²) in [7, 11) is 0. The van der Waals surface area contributed by atoms with Crippen LogP contribution in [0.15, 0.2) is 18.2 Å². The molecule has 1 heterocycles. The molecule has 0 aliphatic carbocycles. The maximum absolute atomic E-state index is 11.9. The van der Waals surface area contributed by atoms with Crippen molar-refractivity contribution in [1.29, 1.82) is 0 Å². The van der Waals surface area contributed by atoms with Crippen LogP contribution in [-0.2, 0) is 9.53 Å². The van der Waals surface area contributed by atoms with Crippen LogP contribution in [0.1, 0.15) is 31.2 Å². The molecule has 1 aliphatic rings. The molecule has 4 nitrogen and oxygen atoms in total. The Morgan fingerprint density at radius 1 is 1.55 bits per heavy atom. The van der Waals surface area contributed by atoms with Crippen molar-refractivity contribution in [1.82, 2.24) is 0 Å². The van der Waals surface area contributed by atoms with Crippen LogP contribution in [0.4, 0.5) is 5.69 Å². The lowest BCUT2D eigenvalue weighted by molar-refractivity contribution is -0.116. The highest BCUT2D eigenvalue weighted by atomic mass is 35.5. The Labute approximate surface area is 128 Å². The summed E-state index contributed by atoms with van der Waals surface area (Å²) in [5.74, 6) is -0.0644. The van der Waals surface area contributed by atoms with Crippen LogP contribution in [0.5, 0.6) is 0 Å². The molecule has 0 aromatic heterocycles. The smallest absolute Gasteiger partial charge is 0.224 e. The molecule has 0 radical (unpaired) electrons. The lowest BCUT2D eigenvalue weighted by Crippen LogP contribution is -2.16. The highest BCUT2D eigenvalue weighted by Crippen LogP contribution is 2.24. The summed E-state index contributed by atoms with van der Waals surface area (Å²) in [6.45, 7) is 0.804. The normalized spacial score (nSPS) is 17.9. The summed E-state index contributed by atoms with van der Waals surface area (Å²) in [6.07, 6.45) is 3.51. The van der Waals surface area contributed by atoms with Crippen molar-refractivity contribution in [2.24, 2.45) is 5.73 Å². The summed E-state index contributed by atoms with van der Waals surface area (Å²) in [4.78, 5) is 12.1. The molecule has 1 atom stereocenters. The first kappa shape index (κ1) is 15.2. The third-order valence-electron chi connectivity index (χ3n) is 3.25. The Bertz CT molecular complexity index is 516. The van der Waals surface area contributed by atoms with E-state index in [1.807, 2.05) is 0 Å². The van der Waals surface area contributed by atoms with Crippen molar-refractivity contribution in [3.63, 3.8) is 0 Å².